The number of halogens is 7. The monoisotopic (exact) mass is 548 g/mol. The lowest BCUT2D eigenvalue weighted by atomic mass is 9.77. The molecule has 3 nitrogen and oxygen atoms in total. The third kappa shape index (κ3) is 7.20. The van der Waals surface area contributed by atoms with Crippen molar-refractivity contribution in [2.75, 3.05) is 13.2 Å². The molecule has 10 heteroatoms. The molecule has 0 spiro atoms. The molecule has 4 rings (SSSR count). The number of rotatable bonds is 8. The summed E-state index contributed by atoms with van der Waals surface area (Å²) in [6.07, 6.45) is -3.42. The SMILES string of the molecule is CCCc1ccc(C2COC(C3CCC(C(F)(F)Cc4cc(F)c(OC(F)(F)F)c(F)c4)CC3)OC2)cc1. The Kier molecular flexibility index (Phi) is 8.92. The molecule has 1 saturated carbocycles. The van der Waals surface area contributed by atoms with Crippen LogP contribution in [0.2, 0.25) is 0 Å². The second-order valence-corrected chi connectivity index (χ2v) is 10.2. The highest BCUT2D eigenvalue weighted by atomic mass is 19.4. The Morgan fingerprint density at radius 2 is 1.42 bits per heavy atom. The van der Waals surface area contributed by atoms with E-state index in [-0.39, 0.29) is 24.7 Å². The Bertz CT molecular complexity index is 1030. The molecule has 0 amide bonds. The molecular formula is C28H31F7O3. The van der Waals surface area contributed by atoms with Gasteiger partial charge in [-0.3, -0.25) is 0 Å². The van der Waals surface area contributed by atoms with Crippen molar-refractivity contribution >= 4 is 0 Å². The van der Waals surface area contributed by atoms with E-state index in [1.54, 1.807) is 0 Å². The number of hydrogen-bond acceptors (Lipinski definition) is 3. The molecule has 2 aromatic carbocycles. The van der Waals surface area contributed by atoms with Crippen molar-refractivity contribution < 1.29 is 44.9 Å². The lowest BCUT2D eigenvalue weighted by Gasteiger charge is -2.39. The molecule has 0 unspecified atom stereocenters. The summed E-state index contributed by atoms with van der Waals surface area (Å²) in [7, 11) is 0. The van der Waals surface area contributed by atoms with Crippen molar-refractivity contribution in [3.05, 3.63) is 64.7 Å². The predicted octanol–water partition coefficient (Wildman–Crippen LogP) is 7.96. The number of ether oxygens (including phenoxy) is 3. The summed E-state index contributed by atoms with van der Waals surface area (Å²) in [5.41, 5.74) is 1.98. The summed E-state index contributed by atoms with van der Waals surface area (Å²) in [5.74, 6) is -9.28. The van der Waals surface area contributed by atoms with Gasteiger partial charge in [-0.15, -0.1) is 13.2 Å². The van der Waals surface area contributed by atoms with Gasteiger partial charge in [0, 0.05) is 24.2 Å². The minimum atomic E-state index is -5.31. The molecule has 1 aliphatic heterocycles. The fourth-order valence-electron chi connectivity index (χ4n) is 5.39. The Balaban J connectivity index is 1.28. The Morgan fingerprint density at radius 3 is 1.95 bits per heavy atom. The van der Waals surface area contributed by atoms with Gasteiger partial charge in [0.2, 0.25) is 5.75 Å². The van der Waals surface area contributed by atoms with Crippen LogP contribution in [0.4, 0.5) is 30.7 Å². The van der Waals surface area contributed by atoms with Crippen molar-refractivity contribution in [3.8, 4) is 5.75 Å². The van der Waals surface area contributed by atoms with Crippen molar-refractivity contribution in [1.82, 2.24) is 0 Å². The molecule has 2 fully saturated rings. The average Bonchev–Trinajstić information content (AvgIpc) is 2.86. The number of benzene rings is 2. The summed E-state index contributed by atoms with van der Waals surface area (Å²) in [6.45, 7) is 3.10. The minimum absolute atomic E-state index is 0.0383. The molecule has 1 heterocycles. The van der Waals surface area contributed by atoms with Crippen LogP contribution in [0.1, 0.15) is 61.6 Å². The number of hydrogen-bond donors (Lipinski definition) is 0. The normalized spacial score (nSPS) is 24.8. The summed E-state index contributed by atoms with van der Waals surface area (Å²) < 4.78 is 110. The first-order valence-electron chi connectivity index (χ1n) is 12.9. The van der Waals surface area contributed by atoms with Crippen molar-refractivity contribution in [2.45, 2.75) is 76.4 Å². The fraction of sp³-hybridized carbons (Fsp3) is 0.571. The largest absolute Gasteiger partial charge is 0.573 e. The van der Waals surface area contributed by atoms with Gasteiger partial charge in [0.05, 0.1) is 13.2 Å². The van der Waals surface area contributed by atoms with Crippen LogP contribution in [0.25, 0.3) is 0 Å². The maximum Gasteiger partial charge on any atom is 0.573 e. The van der Waals surface area contributed by atoms with Gasteiger partial charge in [-0.25, -0.2) is 17.6 Å². The third-order valence-corrected chi connectivity index (χ3v) is 7.38. The van der Waals surface area contributed by atoms with Gasteiger partial charge < -0.3 is 14.2 Å². The van der Waals surface area contributed by atoms with Crippen LogP contribution in [0.15, 0.2) is 36.4 Å². The predicted molar refractivity (Wildman–Crippen MR) is 126 cm³/mol. The molecule has 1 saturated heterocycles. The van der Waals surface area contributed by atoms with E-state index < -0.39 is 53.9 Å². The maximum atomic E-state index is 15.0. The summed E-state index contributed by atoms with van der Waals surface area (Å²) in [6, 6.07) is 9.32. The van der Waals surface area contributed by atoms with Gasteiger partial charge in [-0.2, -0.15) is 0 Å². The van der Waals surface area contributed by atoms with Gasteiger partial charge in [0.15, 0.2) is 17.9 Å². The standard InChI is InChI=1S/C28H31F7O3/c1-2-3-17-4-6-19(7-5-17)21-15-36-26(37-16-21)20-8-10-22(11-9-20)27(31,32)14-18-12-23(29)25(24(30)13-18)38-28(33,34)35/h4-7,12-13,20-22,26H,2-3,8-11,14-16H2,1H3. The summed E-state index contributed by atoms with van der Waals surface area (Å²) >= 11 is 0. The van der Waals surface area contributed by atoms with Gasteiger partial charge in [-0.1, -0.05) is 37.6 Å². The molecule has 1 aliphatic carbocycles. The molecule has 0 radical (unpaired) electrons. The molecule has 0 atom stereocenters. The van der Waals surface area contributed by atoms with E-state index in [2.05, 4.69) is 35.9 Å². The van der Waals surface area contributed by atoms with Crippen molar-refractivity contribution in [3.63, 3.8) is 0 Å². The number of aryl methyl sites for hydroxylation is 1. The van der Waals surface area contributed by atoms with E-state index >= 15 is 0 Å². The van der Waals surface area contributed by atoms with Crippen LogP contribution in [-0.4, -0.2) is 31.8 Å². The molecule has 0 N–H and O–H groups in total. The zero-order valence-corrected chi connectivity index (χ0v) is 21.0. The van der Waals surface area contributed by atoms with Crippen LogP contribution >= 0.6 is 0 Å². The van der Waals surface area contributed by atoms with Gasteiger partial charge in [-0.05, 0) is 60.9 Å². The van der Waals surface area contributed by atoms with E-state index in [1.165, 1.54) is 5.56 Å². The Hall–Kier alpha value is -2.33. The fourth-order valence-corrected chi connectivity index (χ4v) is 5.39. The Morgan fingerprint density at radius 1 is 0.842 bits per heavy atom. The third-order valence-electron chi connectivity index (χ3n) is 7.38. The lowest BCUT2D eigenvalue weighted by Crippen LogP contribution is -2.40. The first-order valence-corrected chi connectivity index (χ1v) is 12.9. The first-order chi connectivity index (χ1) is 17.9. The highest BCUT2D eigenvalue weighted by Gasteiger charge is 2.44. The van der Waals surface area contributed by atoms with Crippen LogP contribution in [0.5, 0.6) is 5.75 Å². The van der Waals surface area contributed by atoms with Gasteiger partial charge in [0.1, 0.15) is 0 Å². The Labute approximate surface area is 217 Å². The van der Waals surface area contributed by atoms with Crippen molar-refractivity contribution in [1.29, 1.82) is 0 Å². The van der Waals surface area contributed by atoms with Crippen LogP contribution < -0.4 is 4.74 Å². The van der Waals surface area contributed by atoms with Crippen LogP contribution in [0, 0.1) is 23.5 Å². The number of alkyl halides is 5. The minimum Gasteiger partial charge on any atom is -0.399 e. The summed E-state index contributed by atoms with van der Waals surface area (Å²) in [4.78, 5) is 0. The second kappa shape index (κ2) is 11.8. The van der Waals surface area contributed by atoms with Crippen LogP contribution in [-0.2, 0) is 22.3 Å². The van der Waals surface area contributed by atoms with Gasteiger partial charge in [0.25, 0.3) is 5.92 Å². The van der Waals surface area contributed by atoms with Gasteiger partial charge >= 0.3 is 6.36 Å². The molecule has 38 heavy (non-hydrogen) atoms. The average molecular weight is 549 g/mol. The maximum absolute atomic E-state index is 15.0. The van der Waals surface area contributed by atoms with E-state index in [4.69, 9.17) is 9.47 Å². The van der Waals surface area contributed by atoms with E-state index in [0.29, 0.717) is 38.2 Å². The highest BCUT2D eigenvalue weighted by Crippen LogP contribution is 2.43. The molecule has 2 aliphatic rings. The van der Waals surface area contributed by atoms with Crippen molar-refractivity contribution in [2.24, 2.45) is 11.8 Å². The quantitative estimate of drug-likeness (QED) is 0.313. The molecule has 0 bridgehead atoms. The topological polar surface area (TPSA) is 27.7 Å². The van der Waals surface area contributed by atoms with Crippen LogP contribution in [0.3, 0.4) is 0 Å². The molecule has 2 aromatic rings. The van der Waals surface area contributed by atoms with E-state index in [9.17, 15) is 30.7 Å². The van der Waals surface area contributed by atoms with E-state index in [0.717, 1.165) is 18.4 Å². The highest BCUT2D eigenvalue weighted by molar-refractivity contribution is 5.32. The smallest absolute Gasteiger partial charge is 0.399 e. The molecule has 210 valence electrons. The zero-order chi connectivity index (χ0) is 27.5. The zero-order valence-electron chi connectivity index (χ0n) is 21.0. The summed E-state index contributed by atoms with van der Waals surface area (Å²) in [5, 5.41) is 0. The first kappa shape index (κ1) is 28.7. The molecular weight excluding hydrogens is 517 g/mol. The molecule has 0 aromatic heterocycles. The lowest BCUT2D eigenvalue weighted by molar-refractivity contribution is -0.276. The second-order valence-electron chi connectivity index (χ2n) is 10.2. The van der Waals surface area contributed by atoms with E-state index in [1.807, 2.05) is 0 Å².